The molecule has 0 unspecified atom stereocenters. The zero-order valence-electron chi connectivity index (χ0n) is 13.3. The Morgan fingerprint density at radius 3 is 2.60 bits per heavy atom. The van der Waals surface area contributed by atoms with Crippen molar-refractivity contribution >= 4 is 17.5 Å². The Bertz CT molecular complexity index is 736. The van der Waals surface area contributed by atoms with Gasteiger partial charge in [-0.15, -0.1) is 0 Å². The number of para-hydroxylation sites is 1. The summed E-state index contributed by atoms with van der Waals surface area (Å²) in [6.45, 7) is 1.09. The van der Waals surface area contributed by atoms with E-state index in [1.165, 1.54) is 18.2 Å². The fourth-order valence-electron chi connectivity index (χ4n) is 2.90. The summed E-state index contributed by atoms with van der Waals surface area (Å²) in [7, 11) is 0. The van der Waals surface area contributed by atoms with Gasteiger partial charge in [0, 0.05) is 25.5 Å². The van der Waals surface area contributed by atoms with Gasteiger partial charge in [0.2, 0.25) is 11.9 Å². The first-order valence-electron chi connectivity index (χ1n) is 7.94. The lowest BCUT2D eigenvalue weighted by molar-refractivity contribution is -0.137. The van der Waals surface area contributed by atoms with Crippen LogP contribution in [0.25, 0.3) is 0 Å². The summed E-state index contributed by atoms with van der Waals surface area (Å²) < 4.78 is 39.1. The number of anilines is 2. The van der Waals surface area contributed by atoms with Crippen LogP contribution in [0.4, 0.5) is 24.8 Å². The standard InChI is InChI=1S/C17H17F3N4O/c18-17(19,20)13-6-1-2-7-14(13)23-15(25)12-5-3-10-24(11-12)16-21-8-4-9-22-16/h1-2,4,6-9,12H,3,5,10-11H2,(H,23,25)/t12-/m1/s1. The van der Waals surface area contributed by atoms with Gasteiger partial charge in [-0.1, -0.05) is 12.1 Å². The number of aromatic nitrogens is 2. The number of alkyl halides is 3. The van der Waals surface area contributed by atoms with Crippen molar-refractivity contribution in [2.24, 2.45) is 5.92 Å². The molecular formula is C17H17F3N4O. The molecular weight excluding hydrogens is 333 g/mol. The minimum Gasteiger partial charge on any atom is -0.340 e. The maximum Gasteiger partial charge on any atom is 0.418 e. The Balaban J connectivity index is 1.72. The Morgan fingerprint density at radius 1 is 1.16 bits per heavy atom. The Kier molecular flexibility index (Phi) is 4.87. The Morgan fingerprint density at radius 2 is 1.88 bits per heavy atom. The summed E-state index contributed by atoms with van der Waals surface area (Å²) in [5, 5.41) is 2.43. The highest BCUT2D eigenvalue weighted by molar-refractivity contribution is 5.93. The van der Waals surface area contributed by atoms with Crippen LogP contribution in [-0.4, -0.2) is 29.0 Å². The fraction of sp³-hybridized carbons (Fsp3) is 0.353. The molecule has 0 saturated carbocycles. The summed E-state index contributed by atoms with van der Waals surface area (Å²) in [6.07, 6.45) is 0.0815. The normalized spacial score (nSPS) is 18.0. The van der Waals surface area contributed by atoms with E-state index in [-0.39, 0.29) is 5.69 Å². The molecule has 0 aliphatic carbocycles. The van der Waals surface area contributed by atoms with Gasteiger partial charge in [0.15, 0.2) is 0 Å². The molecule has 25 heavy (non-hydrogen) atoms. The van der Waals surface area contributed by atoms with Crippen LogP contribution in [0, 0.1) is 5.92 Å². The van der Waals surface area contributed by atoms with E-state index >= 15 is 0 Å². The smallest absolute Gasteiger partial charge is 0.340 e. The highest BCUT2D eigenvalue weighted by Gasteiger charge is 2.34. The minimum atomic E-state index is -4.51. The summed E-state index contributed by atoms with van der Waals surface area (Å²) in [4.78, 5) is 22.7. The van der Waals surface area contributed by atoms with Gasteiger partial charge in [-0.05, 0) is 31.0 Å². The number of carbonyl (C=O) groups excluding carboxylic acids is 1. The second kappa shape index (κ2) is 7.08. The monoisotopic (exact) mass is 350 g/mol. The quantitative estimate of drug-likeness (QED) is 0.922. The molecule has 1 saturated heterocycles. The van der Waals surface area contributed by atoms with Crippen molar-refractivity contribution in [3.63, 3.8) is 0 Å². The van der Waals surface area contributed by atoms with Gasteiger partial charge in [-0.25, -0.2) is 9.97 Å². The van der Waals surface area contributed by atoms with Gasteiger partial charge >= 0.3 is 6.18 Å². The molecule has 2 heterocycles. The fourth-order valence-corrected chi connectivity index (χ4v) is 2.90. The number of benzene rings is 1. The van der Waals surface area contributed by atoms with E-state index in [1.807, 2.05) is 4.90 Å². The number of carbonyl (C=O) groups is 1. The van der Waals surface area contributed by atoms with Gasteiger partial charge in [-0.3, -0.25) is 4.79 Å². The first kappa shape index (κ1) is 17.2. The van der Waals surface area contributed by atoms with Crippen molar-refractivity contribution in [3.8, 4) is 0 Å². The maximum absolute atomic E-state index is 13.0. The molecule has 2 aromatic rings. The van der Waals surface area contributed by atoms with Crippen LogP contribution in [0.3, 0.4) is 0 Å². The molecule has 0 bridgehead atoms. The van der Waals surface area contributed by atoms with Gasteiger partial charge in [0.25, 0.3) is 0 Å². The Hall–Kier alpha value is -2.64. The van der Waals surface area contributed by atoms with Gasteiger partial charge in [-0.2, -0.15) is 13.2 Å². The summed E-state index contributed by atoms with van der Waals surface area (Å²) in [6, 6.07) is 6.69. The lowest BCUT2D eigenvalue weighted by Gasteiger charge is -2.32. The van der Waals surface area contributed by atoms with E-state index in [4.69, 9.17) is 0 Å². The van der Waals surface area contributed by atoms with E-state index in [9.17, 15) is 18.0 Å². The van der Waals surface area contributed by atoms with Crippen molar-refractivity contribution in [1.29, 1.82) is 0 Å². The van der Waals surface area contributed by atoms with E-state index in [1.54, 1.807) is 18.5 Å². The first-order valence-corrected chi connectivity index (χ1v) is 7.94. The number of piperidine rings is 1. The molecule has 1 aromatic heterocycles. The minimum absolute atomic E-state index is 0.215. The molecule has 3 rings (SSSR count). The van der Waals surface area contributed by atoms with Crippen LogP contribution in [-0.2, 0) is 11.0 Å². The van der Waals surface area contributed by atoms with Gasteiger partial charge in [0.1, 0.15) is 0 Å². The largest absolute Gasteiger partial charge is 0.418 e. The molecule has 1 fully saturated rings. The third kappa shape index (κ3) is 4.07. The summed E-state index contributed by atoms with van der Waals surface area (Å²) in [5.74, 6) is -0.313. The molecule has 8 heteroatoms. The highest BCUT2D eigenvalue weighted by Crippen LogP contribution is 2.35. The first-order chi connectivity index (χ1) is 11.9. The van der Waals surface area contributed by atoms with Gasteiger partial charge in [0.05, 0.1) is 17.2 Å². The second-order valence-corrected chi connectivity index (χ2v) is 5.87. The van der Waals surface area contributed by atoms with Crippen LogP contribution in [0.15, 0.2) is 42.7 Å². The number of nitrogens with zero attached hydrogens (tertiary/aromatic N) is 3. The lowest BCUT2D eigenvalue weighted by atomic mass is 9.97. The third-order valence-electron chi connectivity index (χ3n) is 4.12. The zero-order valence-corrected chi connectivity index (χ0v) is 13.3. The van der Waals surface area contributed by atoms with Gasteiger partial charge < -0.3 is 10.2 Å². The predicted molar refractivity (Wildman–Crippen MR) is 87.0 cm³/mol. The summed E-state index contributed by atoms with van der Waals surface area (Å²) >= 11 is 0. The maximum atomic E-state index is 13.0. The highest BCUT2D eigenvalue weighted by atomic mass is 19.4. The van der Waals surface area contributed by atoms with E-state index in [2.05, 4.69) is 15.3 Å². The average Bonchev–Trinajstić information content (AvgIpc) is 2.62. The average molecular weight is 350 g/mol. The number of nitrogens with one attached hydrogen (secondary N) is 1. The Labute approximate surface area is 142 Å². The summed E-state index contributed by atoms with van der Waals surface area (Å²) in [5.41, 5.74) is -1.06. The zero-order chi connectivity index (χ0) is 17.9. The molecule has 0 radical (unpaired) electrons. The third-order valence-corrected chi connectivity index (χ3v) is 4.12. The molecule has 1 aromatic carbocycles. The number of hydrogen-bond donors (Lipinski definition) is 1. The number of halogens is 3. The molecule has 1 atom stereocenters. The molecule has 0 spiro atoms. The van der Waals surface area contributed by atoms with Crippen LogP contribution < -0.4 is 10.2 Å². The van der Waals surface area contributed by atoms with Crippen LogP contribution >= 0.6 is 0 Å². The van der Waals surface area contributed by atoms with Crippen LogP contribution in [0.1, 0.15) is 18.4 Å². The number of rotatable bonds is 3. The van der Waals surface area contributed by atoms with E-state index < -0.39 is 23.6 Å². The lowest BCUT2D eigenvalue weighted by Crippen LogP contribution is -2.41. The van der Waals surface area contributed by atoms with Crippen molar-refractivity contribution in [3.05, 3.63) is 48.3 Å². The van der Waals surface area contributed by atoms with Crippen molar-refractivity contribution in [2.75, 3.05) is 23.3 Å². The van der Waals surface area contributed by atoms with E-state index in [0.717, 1.165) is 12.5 Å². The number of amides is 1. The molecule has 1 N–H and O–H groups in total. The molecule has 1 aliphatic heterocycles. The molecule has 1 amide bonds. The van der Waals surface area contributed by atoms with Crippen molar-refractivity contribution < 1.29 is 18.0 Å². The van der Waals surface area contributed by atoms with Crippen LogP contribution in [0.5, 0.6) is 0 Å². The number of hydrogen-bond acceptors (Lipinski definition) is 4. The predicted octanol–water partition coefficient (Wildman–Crippen LogP) is 3.35. The van der Waals surface area contributed by atoms with Crippen molar-refractivity contribution in [1.82, 2.24) is 9.97 Å². The molecule has 132 valence electrons. The SMILES string of the molecule is O=C(Nc1ccccc1C(F)(F)F)[C@@H]1CCCN(c2ncccn2)C1. The van der Waals surface area contributed by atoms with Crippen molar-refractivity contribution in [2.45, 2.75) is 19.0 Å². The molecule has 5 nitrogen and oxygen atoms in total. The van der Waals surface area contributed by atoms with E-state index in [0.29, 0.717) is 25.5 Å². The topological polar surface area (TPSA) is 58.1 Å². The van der Waals surface area contributed by atoms with Crippen LogP contribution in [0.2, 0.25) is 0 Å². The second-order valence-electron chi connectivity index (χ2n) is 5.87. The molecule has 1 aliphatic rings.